The van der Waals surface area contributed by atoms with Crippen LogP contribution in [0, 0.1) is 0 Å². The van der Waals surface area contributed by atoms with Crippen molar-refractivity contribution in [3.63, 3.8) is 0 Å². The van der Waals surface area contributed by atoms with Gasteiger partial charge in [0.15, 0.2) is 6.10 Å². The molecule has 0 aromatic heterocycles. The fourth-order valence-corrected chi connectivity index (χ4v) is 7.65. The topological polar surface area (TPSA) is 61.8 Å². The van der Waals surface area contributed by atoms with Gasteiger partial charge in [0.05, 0.1) is 6.61 Å². The van der Waals surface area contributed by atoms with Crippen molar-refractivity contribution in [2.45, 2.75) is 271 Å². The number of allylic oxidation sites excluding steroid dienone is 12. The van der Waals surface area contributed by atoms with Gasteiger partial charge >= 0.3 is 11.9 Å². The second-order valence-corrected chi connectivity index (χ2v) is 18.1. The third-order valence-corrected chi connectivity index (χ3v) is 11.7. The van der Waals surface area contributed by atoms with E-state index in [4.69, 9.17) is 14.2 Å². The summed E-state index contributed by atoms with van der Waals surface area (Å²) in [6.45, 7) is 7.67. The molecule has 0 fully saturated rings. The molecule has 370 valence electrons. The van der Waals surface area contributed by atoms with Gasteiger partial charge in [0.1, 0.15) is 6.61 Å². The SMILES string of the molecule is CC/C=C\C/C=C\C/C=C\C/C=C\CCCCCCCCCOCC(COC(=O)CCCCCCCCCCC/C=C\C/C=C\CCCCC)OC(=O)CCCCCCCCCCC. The molecule has 5 nitrogen and oxygen atoms in total. The van der Waals surface area contributed by atoms with Gasteiger partial charge in [-0.25, -0.2) is 0 Å². The minimum absolute atomic E-state index is 0.0786. The molecule has 0 aliphatic rings. The van der Waals surface area contributed by atoms with Crippen LogP contribution in [0.5, 0.6) is 0 Å². The Morgan fingerprint density at radius 1 is 0.359 bits per heavy atom. The number of hydrogen-bond donors (Lipinski definition) is 0. The molecule has 1 unspecified atom stereocenters. The maximum atomic E-state index is 12.8. The van der Waals surface area contributed by atoms with Crippen LogP contribution in [-0.4, -0.2) is 37.9 Å². The number of carbonyl (C=O) groups excluding carboxylic acids is 2. The predicted octanol–water partition coefficient (Wildman–Crippen LogP) is 18.7. The van der Waals surface area contributed by atoms with Crippen LogP contribution in [0.4, 0.5) is 0 Å². The van der Waals surface area contributed by atoms with Crippen molar-refractivity contribution in [1.29, 1.82) is 0 Å². The number of ether oxygens (including phenoxy) is 3. The minimum atomic E-state index is -0.543. The van der Waals surface area contributed by atoms with Crippen molar-refractivity contribution in [2.75, 3.05) is 19.8 Å². The fourth-order valence-electron chi connectivity index (χ4n) is 7.65. The number of unbranched alkanes of at least 4 members (excludes halogenated alkanes) is 27. The lowest BCUT2D eigenvalue weighted by Gasteiger charge is -2.18. The zero-order valence-electron chi connectivity index (χ0n) is 42.5. The summed E-state index contributed by atoms with van der Waals surface area (Å²) in [5.41, 5.74) is 0. The van der Waals surface area contributed by atoms with Crippen molar-refractivity contribution in [2.24, 2.45) is 0 Å². The molecule has 0 saturated carbocycles. The van der Waals surface area contributed by atoms with Gasteiger partial charge in [0, 0.05) is 19.4 Å². The molecule has 64 heavy (non-hydrogen) atoms. The summed E-state index contributed by atoms with van der Waals surface area (Å²) in [6, 6.07) is 0. The van der Waals surface area contributed by atoms with Gasteiger partial charge in [-0.05, 0) is 89.9 Å². The van der Waals surface area contributed by atoms with Gasteiger partial charge in [0.25, 0.3) is 0 Å². The zero-order chi connectivity index (χ0) is 46.3. The predicted molar refractivity (Wildman–Crippen MR) is 279 cm³/mol. The molecule has 0 aromatic carbocycles. The van der Waals surface area contributed by atoms with Crippen LogP contribution < -0.4 is 0 Å². The zero-order valence-corrected chi connectivity index (χ0v) is 42.5. The fraction of sp³-hybridized carbons (Fsp3) is 0.763. The first-order valence-electron chi connectivity index (χ1n) is 27.5. The number of rotatable bonds is 50. The van der Waals surface area contributed by atoms with Gasteiger partial charge in [0.2, 0.25) is 0 Å². The van der Waals surface area contributed by atoms with Crippen molar-refractivity contribution in [3.8, 4) is 0 Å². The molecule has 0 amide bonds. The highest BCUT2D eigenvalue weighted by Crippen LogP contribution is 2.15. The Morgan fingerprint density at radius 3 is 1.16 bits per heavy atom. The van der Waals surface area contributed by atoms with E-state index < -0.39 is 6.10 Å². The van der Waals surface area contributed by atoms with E-state index in [-0.39, 0.29) is 25.2 Å². The monoisotopic (exact) mass is 893 g/mol. The van der Waals surface area contributed by atoms with E-state index in [9.17, 15) is 9.59 Å². The van der Waals surface area contributed by atoms with Crippen molar-refractivity contribution >= 4 is 11.9 Å². The number of carbonyl (C=O) groups is 2. The highest BCUT2D eigenvalue weighted by Gasteiger charge is 2.17. The van der Waals surface area contributed by atoms with Gasteiger partial charge < -0.3 is 14.2 Å². The standard InChI is InChI=1S/C59H104O5/c1-4-7-10-13-16-19-21-23-25-27-29-31-33-35-37-39-42-45-48-51-54-62-55-57(64-59(61)53-50-47-44-40-18-15-12-9-6-3)56-63-58(60)52-49-46-43-41-38-36-34-32-30-28-26-24-22-20-17-14-11-8-5-2/h7,10,16-17,19-20,23-26,29,31,57H,4-6,8-9,11-15,18,21-22,27-28,30,32-56H2,1-3H3/b10-7-,19-16-,20-17-,25-23-,26-24-,31-29-. The maximum absolute atomic E-state index is 12.8. The van der Waals surface area contributed by atoms with E-state index in [0.717, 1.165) is 70.6 Å². The summed E-state index contributed by atoms with van der Waals surface area (Å²) in [7, 11) is 0. The van der Waals surface area contributed by atoms with Gasteiger partial charge in [-0.2, -0.15) is 0 Å². The third kappa shape index (κ3) is 52.0. The molecule has 0 heterocycles. The first kappa shape index (κ1) is 61.3. The molecule has 1 atom stereocenters. The molecular weight excluding hydrogens is 789 g/mol. The van der Waals surface area contributed by atoms with Crippen molar-refractivity contribution in [3.05, 3.63) is 72.9 Å². The van der Waals surface area contributed by atoms with Crippen LogP contribution in [0.3, 0.4) is 0 Å². The van der Waals surface area contributed by atoms with E-state index in [1.54, 1.807) is 0 Å². The van der Waals surface area contributed by atoms with Gasteiger partial charge in [-0.15, -0.1) is 0 Å². The summed E-state index contributed by atoms with van der Waals surface area (Å²) in [6.07, 6.45) is 70.6. The van der Waals surface area contributed by atoms with Crippen LogP contribution >= 0.6 is 0 Å². The molecule has 5 heteroatoms. The molecular formula is C59H104O5. The molecule has 0 N–H and O–H groups in total. The Bertz CT molecular complexity index is 1150. The van der Waals surface area contributed by atoms with Crippen LogP contribution in [0.1, 0.15) is 265 Å². The Labute approximate surface area is 397 Å². The van der Waals surface area contributed by atoms with Crippen LogP contribution in [-0.2, 0) is 23.8 Å². The summed E-state index contributed by atoms with van der Waals surface area (Å²) in [5.74, 6) is -0.404. The second kappa shape index (κ2) is 54.7. The Hall–Kier alpha value is -2.66. The lowest BCUT2D eigenvalue weighted by atomic mass is 10.1. The first-order valence-corrected chi connectivity index (χ1v) is 27.5. The van der Waals surface area contributed by atoms with Gasteiger partial charge in [-0.1, -0.05) is 235 Å². The lowest BCUT2D eigenvalue weighted by molar-refractivity contribution is -0.163. The molecule has 0 saturated heterocycles. The average molecular weight is 893 g/mol. The highest BCUT2D eigenvalue weighted by atomic mass is 16.6. The quantitative estimate of drug-likeness (QED) is 0.0346. The molecule has 0 spiro atoms. The van der Waals surface area contributed by atoms with Crippen molar-refractivity contribution < 1.29 is 23.8 Å². The smallest absolute Gasteiger partial charge is 0.306 e. The van der Waals surface area contributed by atoms with Crippen LogP contribution in [0.15, 0.2) is 72.9 Å². The van der Waals surface area contributed by atoms with E-state index in [0.29, 0.717) is 19.4 Å². The molecule has 0 rings (SSSR count). The first-order chi connectivity index (χ1) is 31.6. The van der Waals surface area contributed by atoms with Crippen LogP contribution in [0.2, 0.25) is 0 Å². The van der Waals surface area contributed by atoms with E-state index in [1.807, 2.05) is 0 Å². The normalized spacial score (nSPS) is 12.7. The third-order valence-electron chi connectivity index (χ3n) is 11.7. The van der Waals surface area contributed by atoms with Crippen molar-refractivity contribution in [1.82, 2.24) is 0 Å². The molecule has 0 radical (unpaired) electrons. The van der Waals surface area contributed by atoms with E-state index in [2.05, 4.69) is 93.7 Å². The molecule has 0 aromatic rings. The number of hydrogen-bond acceptors (Lipinski definition) is 5. The summed E-state index contributed by atoms with van der Waals surface area (Å²) in [4.78, 5) is 25.4. The van der Waals surface area contributed by atoms with Crippen LogP contribution in [0.25, 0.3) is 0 Å². The molecule has 0 aliphatic heterocycles. The second-order valence-electron chi connectivity index (χ2n) is 18.1. The molecule has 0 aliphatic carbocycles. The Balaban J connectivity index is 4.18. The van der Waals surface area contributed by atoms with Gasteiger partial charge in [-0.3, -0.25) is 9.59 Å². The summed E-state index contributed by atoms with van der Waals surface area (Å²) < 4.78 is 17.4. The highest BCUT2D eigenvalue weighted by molar-refractivity contribution is 5.70. The number of esters is 2. The van der Waals surface area contributed by atoms with E-state index >= 15 is 0 Å². The maximum Gasteiger partial charge on any atom is 0.306 e. The Kier molecular flexibility index (Phi) is 52.4. The minimum Gasteiger partial charge on any atom is -0.462 e. The molecule has 0 bridgehead atoms. The summed E-state index contributed by atoms with van der Waals surface area (Å²) >= 11 is 0. The largest absolute Gasteiger partial charge is 0.462 e. The summed E-state index contributed by atoms with van der Waals surface area (Å²) in [5, 5.41) is 0. The average Bonchev–Trinajstić information content (AvgIpc) is 3.30. The van der Waals surface area contributed by atoms with E-state index in [1.165, 1.54) is 161 Å². The Morgan fingerprint density at radius 2 is 0.703 bits per heavy atom. The lowest BCUT2D eigenvalue weighted by Crippen LogP contribution is -2.30.